The van der Waals surface area contributed by atoms with E-state index in [1.54, 1.807) is 19.1 Å². The van der Waals surface area contributed by atoms with Crippen LogP contribution in [0.2, 0.25) is 0 Å². The summed E-state index contributed by atoms with van der Waals surface area (Å²) in [5.74, 6) is -0.771. The van der Waals surface area contributed by atoms with Gasteiger partial charge in [-0.05, 0) is 26.0 Å². The van der Waals surface area contributed by atoms with Gasteiger partial charge in [-0.15, -0.1) is 0 Å². The summed E-state index contributed by atoms with van der Waals surface area (Å²) in [5.41, 5.74) is 6.42. The number of benzene rings is 1. The standard InChI is InChI=1S/C14H14FN3O3/c1-8-6-13(11(15)7-12(8)18(19)20)21-14-10(9(2)16)4-3-5-17-14/h3-7,9H,16H2,1-2H3/t9-/m0/s1. The lowest BCUT2D eigenvalue weighted by Gasteiger charge is -2.13. The maximum absolute atomic E-state index is 13.9. The molecule has 21 heavy (non-hydrogen) atoms. The second-order valence-corrected chi connectivity index (χ2v) is 4.61. The summed E-state index contributed by atoms with van der Waals surface area (Å²) in [6.45, 7) is 3.26. The van der Waals surface area contributed by atoms with E-state index in [9.17, 15) is 14.5 Å². The molecule has 0 saturated heterocycles. The van der Waals surface area contributed by atoms with Crippen LogP contribution in [0.5, 0.6) is 11.6 Å². The normalized spacial score (nSPS) is 12.0. The van der Waals surface area contributed by atoms with Gasteiger partial charge in [0.05, 0.1) is 11.0 Å². The largest absolute Gasteiger partial charge is 0.436 e. The van der Waals surface area contributed by atoms with Crippen LogP contribution in [0.15, 0.2) is 30.5 Å². The van der Waals surface area contributed by atoms with E-state index in [0.29, 0.717) is 11.1 Å². The number of rotatable bonds is 4. The Morgan fingerprint density at radius 1 is 1.48 bits per heavy atom. The van der Waals surface area contributed by atoms with Crippen molar-refractivity contribution >= 4 is 5.69 Å². The SMILES string of the molecule is Cc1cc(Oc2ncccc2[C@H](C)N)c(F)cc1[N+](=O)[O-]. The van der Waals surface area contributed by atoms with Gasteiger partial charge in [-0.1, -0.05) is 6.07 Å². The Hall–Kier alpha value is -2.54. The van der Waals surface area contributed by atoms with E-state index in [4.69, 9.17) is 10.5 Å². The number of hydrogen-bond acceptors (Lipinski definition) is 5. The minimum absolute atomic E-state index is 0.126. The average Bonchev–Trinajstić information content (AvgIpc) is 2.42. The van der Waals surface area contributed by atoms with E-state index in [1.807, 2.05) is 0 Å². The van der Waals surface area contributed by atoms with Crippen molar-refractivity contribution < 1.29 is 14.1 Å². The highest BCUT2D eigenvalue weighted by atomic mass is 19.1. The number of hydrogen-bond donors (Lipinski definition) is 1. The van der Waals surface area contributed by atoms with E-state index in [1.165, 1.54) is 19.2 Å². The summed E-state index contributed by atoms with van der Waals surface area (Å²) >= 11 is 0. The number of aromatic nitrogens is 1. The number of aryl methyl sites for hydroxylation is 1. The molecule has 0 fully saturated rings. The first-order valence-corrected chi connectivity index (χ1v) is 6.23. The van der Waals surface area contributed by atoms with Gasteiger partial charge in [-0.25, -0.2) is 9.37 Å². The molecule has 1 aromatic carbocycles. The summed E-state index contributed by atoms with van der Waals surface area (Å²) in [4.78, 5) is 14.1. The summed E-state index contributed by atoms with van der Waals surface area (Å²) < 4.78 is 19.3. The number of nitrogens with two attached hydrogens (primary N) is 1. The Morgan fingerprint density at radius 3 is 2.81 bits per heavy atom. The maximum Gasteiger partial charge on any atom is 0.275 e. The Kier molecular flexibility index (Phi) is 4.13. The van der Waals surface area contributed by atoms with Crippen LogP contribution in [-0.4, -0.2) is 9.91 Å². The third kappa shape index (κ3) is 3.14. The zero-order chi connectivity index (χ0) is 15.6. The number of nitro benzene ring substituents is 1. The van der Waals surface area contributed by atoms with Gasteiger partial charge in [0.15, 0.2) is 11.6 Å². The van der Waals surface area contributed by atoms with Crippen molar-refractivity contribution in [1.29, 1.82) is 0 Å². The van der Waals surface area contributed by atoms with E-state index < -0.39 is 10.7 Å². The number of nitrogens with zero attached hydrogens (tertiary/aromatic N) is 2. The van der Waals surface area contributed by atoms with E-state index in [0.717, 1.165) is 6.07 Å². The molecule has 2 rings (SSSR count). The van der Waals surface area contributed by atoms with Crippen LogP contribution in [0.1, 0.15) is 24.1 Å². The number of pyridine rings is 1. The molecule has 0 aliphatic carbocycles. The molecule has 0 bridgehead atoms. The fraction of sp³-hybridized carbons (Fsp3) is 0.214. The second-order valence-electron chi connectivity index (χ2n) is 4.61. The van der Waals surface area contributed by atoms with Crippen molar-refractivity contribution in [2.45, 2.75) is 19.9 Å². The number of nitro groups is 1. The van der Waals surface area contributed by atoms with Crippen LogP contribution >= 0.6 is 0 Å². The summed E-state index contributed by atoms with van der Waals surface area (Å²) in [7, 11) is 0. The molecule has 2 aromatic rings. The van der Waals surface area contributed by atoms with Crippen LogP contribution in [0.3, 0.4) is 0 Å². The molecule has 0 aliphatic rings. The fourth-order valence-electron chi connectivity index (χ4n) is 1.86. The summed E-state index contributed by atoms with van der Waals surface area (Å²) in [5, 5.41) is 10.8. The smallest absolute Gasteiger partial charge is 0.275 e. The molecule has 1 heterocycles. The lowest BCUT2D eigenvalue weighted by molar-refractivity contribution is -0.385. The van der Waals surface area contributed by atoms with Gasteiger partial charge in [0.1, 0.15) is 0 Å². The summed E-state index contributed by atoms with van der Waals surface area (Å²) in [6, 6.07) is 5.19. The van der Waals surface area contributed by atoms with Crippen LogP contribution in [0.25, 0.3) is 0 Å². The molecule has 0 aliphatic heterocycles. The van der Waals surface area contributed by atoms with Gasteiger partial charge in [0.2, 0.25) is 5.88 Å². The van der Waals surface area contributed by atoms with Crippen molar-refractivity contribution in [2.24, 2.45) is 5.73 Å². The summed E-state index contributed by atoms with van der Waals surface area (Å²) in [6.07, 6.45) is 1.50. The quantitative estimate of drug-likeness (QED) is 0.689. The lowest BCUT2D eigenvalue weighted by atomic mass is 10.1. The van der Waals surface area contributed by atoms with Gasteiger partial charge >= 0.3 is 0 Å². The minimum Gasteiger partial charge on any atom is -0.436 e. The molecule has 7 heteroatoms. The van der Waals surface area contributed by atoms with E-state index in [-0.39, 0.29) is 23.4 Å². The lowest BCUT2D eigenvalue weighted by Crippen LogP contribution is -2.08. The monoisotopic (exact) mass is 291 g/mol. The Balaban J connectivity index is 2.41. The van der Waals surface area contributed by atoms with Gasteiger partial charge < -0.3 is 10.5 Å². The third-order valence-corrected chi connectivity index (χ3v) is 2.94. The fourth-order valence-corrected chi connectivity index (χ4v) is 1.86. The van der Waals surface area contributed by atoms with Crippen molar-refractivity contribution in [3.8, 4) is 11.6 Å². The van der Waals surface area contributed by atoms with Crippen LogP contribution < -0.4 is 10.5 Å². The van der Waals surface area contributed by atoms with Gasteiger partial charge in [0, 0.05) is 23.4 Å². The van der Waals surface area contributed by atoms with Crippen LogP contribution in [-0.2, 0) is 0 Å². The first-order valence-electron chi connectivity index (χ1n) is 6.23. The Bertz CT molecular complexity index is 689. The molecule has 0 spiro atoms. The topological polar surface area (TPSA) is 91.3 Å². The molecule has 6 nitrogen and oxygen atoms in total. The zero-order valence-electron chi connectivity index (χ0n) is 11.5. The highest BCUT2D eigenvalue weighted by molar-refractivity contribution is 5.46. The van der Waals surface area contributed by atoms with E-state index >= 15 is 0 Å². The van der Waals surface area contributed by atoms with Crippen molar-refractivity contribution in [1.82, 2.24) is 4.98 Å². The number of ether oxygens (including phenoxy) is 1. The molecule has 110 valence electrons. The van der Waals surface area contributed by atoms with Gasteiger partial charge in [-0.2, -0.15) is 0 Å². The van der Waals surface area contributed by atoms with Crippen LogP contribution in [0.4, 0.5) is 10.1 Å². The molecule has 1 aromatic heterocycles. The van der Waals surface area contributed by atoms with Crippen molar-refractivity contribution in [2.75, 3.05) is 0 Å². The molecule has 0 radical (unpaired) electrons. The molecule has 2 N–H and O–H groups in total. The van der Waals surface area contributed by atoms with E-state index in [2.05, 4.69) is 4.98 Å². The predicted molar refractivity (Wildman–Crippen MR) is 74.7 cm³/mol. The van der Waals surface area contributed by atoms with Crippen LogP contribution in [0, 0.1) is 22.9 Å². The van der Waals surface area contributed by atoms with Crippen molar-refractivity contribution in [3.05, 3.63) is 57.5 Å². The first kappa shape index (κ1) is 14.9. The Labute approximate surface area is 120 Å². The molecular formula is C14H14FN3O3. The average molecular weight is 291 g/mol. The maximum atomic E-state index is 13.9. The molecule has 1 atom stereocenters. The first-order chi connectivity index (χ1) is 9.90. The van der Waals surface area contributed by atoms with Gasteiger partial charge in [-0.3, -0.25) is 10.1 Å². The zero-order valence-corrected chi connectivity index (χ0v) is 11.5. The molecule has 0 unspecified atom stereocenters. The highest BCUT2D eigenvalue weighted by Crippen LogP contribution is 2.32. The minimum atomic E-state index is -0.825. The second kappa shape index (κ2) is 5.84. The number of halogens is 1. The molecule has 0 saturated carbocycles. The third-order valence-electron chi connectivity index (χ3n) is 2.94. The predicted octanol–water partition coefficient (Wildman–Crippen LogP) is 3.25. The van der Waals surface area contributed by atoms with Gasteiger partial charge in [0.25, 0.3) is 5.69 Å². The Morgan fingerprint density at radius 2 is 2.19 bits per heavy atom. The highest BCUT2D eigenvalue weighted by Gasteiger charge is 2.18. The molecule has 0 amide bonds. The molecular weight excluding hydrogens is 277 g/mol. The van der Waals surface area contributed by atoms with Crippen molar-refractivity contribution in [3.63, 3.8) is 0 Å².